The quantitative estimate of drug-likeness (QED) is 0.910. The monoisotopic (exact) mass is 330 g/mol. The lowest BCUT2D eigenvalue weighted by atomic mass is 10.1. The maximum absolute atomic E-state index is 13.1. The highest BCUT2D eigenvalue weighted by Gasteiger charge is 2.41. The third-order valence-electron chi connectivity index (χ3n) is 4.68. The number of hydrogen-bond acceptors (Lipinski definition) is 4. The minimum Gasteiger partial charge on any atom is -0.354 e. The van der Waals surface area contributed by atoms with Crippen molar-refractivity contribution in [1.82, 2.24) is 20.0 Å². The van der Waals surface area contributed by atoms with Crippen LogP contribution >= 0.6 is 11.3 Å². The first-order valence-electron chi connectivity index (χ1n) is 7.81. The highest BCUT2D eigenvalue weighted by molar-refractivity contribution is 7.13. The molecule has 1 N–H and O–H groups in total. The Hall–Kier alpha value is -2.15. The molecule has 0 radical (unpaired) electrons. The molecule has 2 saturated heterocycles. The molecule has 0 saturated carbocycles. The van der Waals surface area contributed by atoms with E-state index in [-0.39, 0.29) is 23.9 Å². The Morgan fingerprint density at radius 3 is 3.00 bits per heavy atom. The molecule has 4 heterocycles. The van der Waals surface area contributed by atoms with Crippen LogP contribution in [0.5, 0.6) is 0 Å². The van der Waals surface area contributed by atoms with Gasteiger partial charge < -0.3 is 10.2 Å². The van der Waals surface area contributed by atoms with Crippen LogP contribution in [0.4, 0.5) is 0 Å². The van der Waals surface area contributed by atoms with Gasteiger partial charge in [-0.1, -0.05) is 6.07 Å². The van der Waals surface area contributed by atoms with Crippen molar-refractivity contribution in [2.45, 2.75) is 31.3 Å². The van der Waals surface area contributed by atoms with Gasteiger partial charge in [-0.05, 0) is 30.4 Å². The number of nitrogens with zero attached hydrogens (tertiary/aromatic N) is 3. The van der Waals surface area contributed by atoms with Gasteiger partial charge >= 0.3 is 0 Å². The van der Waals surface area contributed by atoms with E-state index in [4.69, 9.17) is 0 Å². The van der Waals surface area contributed by atoms with Gasteiger partial charge in [0.05, 0.1) is 4.88 Å². The normalized spacial score (nSPS) is 23.7. The minimum atomic E-state index is -0.0215. The summed E-state index contributed by atoms with van der Waals surface area (Å²) in [6.45, 7) is 0.552. The largest absolute Gasteiger partial charge is 0.354 e. The van der Waals surface area contributed by atoms with E-state index < -0.39 is 0 Å². The number of fused-ring (bicyclic) bond motifs is 2. The molecule has 2 amide bonds. The van der Waals surface area contributed by atoms with Crippen LogP contribution in [0.3, 0.4) is 0 Å². The number of carbonyl (C=O) groups is 2. The molecule has 2 aromatic heterocycles. The van der Waals surface area contributed by atoms with E-state index in [0.717, 1.165) is 23.4 Å². The number of aryl methyl sites for hydroxylation is 1. The molecule has 2 aromatic rings. The van der Waals surface area contributed by atoms with Crippen LogP contribution in [0, 0.1) is 0 Å². The standard InChI is InChI=1S/C16H18N4O2S/c1-19-13(8-12(18-19)14-3-2-6-23-14)16(22)20-10-4-5-11(20)9-17-15(21)7-10/h2-3,6,8,10-11H,4-5,7,9H2,1H3,(H,17,21)/t10-,11+/m0/s1. The molecular weight excluding hydrogens is 312 g/mol. The molecule has 0 aliphatic carbocycles. The summed E-state index contributed by atoms with van der Waals surface area (Å²) in [7, 11) is 1.80. The summed E-state index contributed by atoms with van der Waals surface area (Å²) in [6.07, 6.45) is 2.25. The van der Waals surface area contributed by atoms with Gasteiger partial charge in [0.2, 0.25) is 5.91 Å². The number of hydrogen-bond donors (Lipinski definition) is 1. The van der Waals surface area contributed by atoms with Crippen LogP contribution in [0.2, 0.25) is 0 Å². The van der Waals surface area contributed by atoms with Crippen molar-refractivity contribution < 1.29 is 9.59 Å². The zero-order valence-electron chi connectivity index (χ0n) is 12.9. The van der Waals surface area contributed by atoms with E-state index in [2.05, 4.69) is 10.4 Å². The molecular formula is C16H18N4O2S. The summed E-state index contributed by atoms with van der Waals surface area (Å²) >= 11 is 1.61. The van der Waals surface area contributed by atoms with E-state index >= 15 is 0 Å². The number of carbonyl (C=O) groups excluding carboxylic acids is 2. The third-order valence-corrected chi connectivity index (χ3v) is 5.58. The second-order valence-electron chi connectivity index (χ2n) is 6.12. The Kier molecular flexibility index (Phi) is 3.45. The van der Waals surface area contributed by atoms with Crippen molar-refractivity contribution in [2.75, 3.05) is 6.54 Å². The number of thiophene rings is 1. The highest BCUT2D eigenvalue weighted by atomic mass is 32.1. The molecule has 2 fully saturated rings. The smallest absolute Gasteiger partial charge is 0.272 e. The van der Waals surface area contributed by atoms with Crippen LogP contribution in [0.1, 0.15) is 29.8 Å². The predicted molar refractivity (Wildman–Crippen MR) is 87.1 cm³/mol. The Balaban J connectivity index is 1.65. The molecule has 23 heavy (non-hydrogen) atoms. The summed E-state index contributed by atoms with van der Waals surface area (Å²) in [5.41, 5.74) is 1.40. The zero-order chi connectivity index (χ0) is 16.0. The summed E-state index contributed by atoms with van der Waals surface area (Å²) in [5.74, 6) is 0.0195. The number of aromatic nitrogens is 2. The van der Waals surface area contributed by atoms with Gasteiger partial charge in [0.1, 0.15) is 11.4 Å². The number of rotatable bonds is 2. The van der Waals surface area contributed by atoms with Crippen molar-refractivity contribution in [3.8, 4) is 10.6 Å². The molecule has 6 nitrogen and oxygen atoms in total. The van der Waals surface area contributed by atoms with Crippen LogP contribution in [-0.4, -0.2) is 45.1 Å². The average Bonchev–Trinajstić information content (AvgIpc) is 3.20. The van der Waals surface area contributed by atoms with Gasteiger partial charge in [-0.15, -0.1) is 11.3 Å². The van der Waals surface area contributed by atoms with E-state index in [1.54, 1.807) is 23.1 Å². The van der Waals surface area contributed by atoms with Crippen LogP contribution in [-0.2, 0) is 11.8 Å². The Bertz CT molecular complexity index is 752. The van der Waals surface area contributed by atoms with E-state index in [1.807, 2.05) is 28.5 Å². The maximum Gasteiger partial charge on any atom is 0.272 e. The predicted octanol–water partition coefficient (Wildman–Crippen LogP) is 1.64. The zero-order valence-corrected chi connectivity index (χ0v) is 13.7. The third kappa shape index (κ3) is 2.45. The molecule has 2 aliphatic rings. The van der Waals surface area contributed by atoms with Gasteiger partial charge in [-0.25, -0.2) is 0 Å². The molecule has 120 valence electrons. The minimum absolute atomic E-state index is 0.00934. The first-order chi connectivity index (χ1) is 11.1. The highest BCUT2D eigenvalue weighted by Crippen LogP contribution is 2.31. The van der Waals surface area contributed by atoms with Crippen molar-refractivity contribution in [2.24, 2.45) is 7.05 Å². The lowest BCUT2D eigenvalue weighted by Crippen LogP contribution is -2.43. The molecule has 0 unspecified atom stereocenters. The molecule has 0 spiro atoms. The Morgan fingerprint density at radius 2 is 2.22 bits per heavy atom. The molecule has 4 rings (SSSR count). The van der Waals surface area contributed by atoms with Crippen molar-refractivity contribution in [1.29, 1.82) is 0 Å². The fourth-order valence-corrected chi connectivity index (χ4v) is 4.24. The summed E-state index contributed by atoms with van der Waals surface area (Å²) in [4.78, 5) is 27.7. The fraction of sp³-hybridized carbons (Fsp3) is 0.438. The second-order valence-corrected chi connectivity index (χ2v) is 7.07. The second kappa shape index (κ2) is 5.49. The number of nitrogens with one attached hydrogen (secondary N) is 1. The van der Waals surface area contributed by atoms with E-state index in [9.17, 15) is 9.59 Å². The van der Waals surface area contributed by atoms with Crippen molar-refractivity contribution in [3.05, 3.63) is 29.3 Å². The summed E-state index contributed by atoms with van der Waals surface area (Å²) < 4.78 is 1.65. The van der Waals surface area contributed by atoms with Gasteiger partial charge in [-0.2, -0.15) is 5.10 Å². The Morgan fingerprint density at radius 1 is 1.39 bits per heavy atom. The van der Waals surface area contributed by atoms with E-state index in [1.165, 1.54) is 0 Å². The first-order valence-corrected chi connectivity index (χ1v) is 8.68. The summed E-state index contributed by atoms with van der Waals surface area (Å²) in [6, 6.07) is 5.93. The first kappa shape index (κ1) is 14.4. The van der Waals surface area contributed by atoms with Gasteiger partial charge in [-0.3, -0.25) is 14.3 Å². The van der Waals surface area contributed by atoms with Crippen molar-refractivity contribution >= 4 is 23.2 Å². The molecule has 2 aliphatic heterocycles. The number of amides is 2. The molecule has 0 aromatic carbocycles. The van der Waals surface area contributed by atoms with Gasteiger partial charge in [0.25, 0.3) is 5.91 Å². The molecule has 2 bridgehead atoms. The fourth-order valence-electron chi connectivity index (χ4n) is 3.56. The van der Waals surface area contributed by atoms with Gasteiger partial charge in [0, 0.05) is 32.1 Å². The van der Waals surface area contributed by atoms with Crippen LogP contribution < -0.4 is 5.32 Å². The topological polar surface area (TPSA) is 67.2 Å². The Labute approximate surface area is 138 Å². The van der Waals surface area contributed by atoms with Crippen LogP contribution in [0.15, 0.2) is 23.6 Å². The molecule has 2 atom stereocenters. The maximum atomic E-state index is 13.1. The van der Waals surface area contributed by atoms with Gasteiger partial charge in [0.15, 0.2) is 0 Å². The van der Waals surface area contributed by atoms with Crippen LogP contribution in [0.25, 0.3) is 10.6 Å². The summed E-state index contributed by atoms with van der Waals surface area (Å²) in [5, 5.41) is 9.37. The van der Waals surface area contributed by atoms with E-state index in [0.29, 0.717) is 18.7 Å². The lowest BCUT2D eigenvalue weighted by molar-refractivity contribution is -0.121. The molecule has 7 heteroatoms. The average molecular weight is 330 g/mol. The SMILES string of the molecule is Cn1nc(-c2cccs2)cc1C(=O)N1[C@@H]2CC[C@H]1CC(=O)NC2. The lowest BCUT2D eigenvalue weighted by Gasteiger charge is -2.27. The van der Waals surface area contributed by atoms with Crippen molar-refractivity contribution in [3.63, 3.8) is 0 Å².